The second-order valence-corrected chi connectivity index (χ2v) is 4.13. The summed E-state index contributed by atoms with van der Waals surface area (Å²) >= 11 is 0. The average Bonchev–Trinajstić information content (AvgIpc) is 2.27. The summed E-state index contributed by atoms with van der Waals surface area (Å²) in [7, 11) is 0. The number of carbonyl (C=O) groups excluding carboxylic acids is 1. The van der Waals surface area contributed by atoms with Crippen LogP contribution in [0.15, 0.2) is 18.2 Å². The molecule has 1 rings (SSSR count). The Morgan fingerprint density at radius 3 is 2.71 bits per heavy atom. The molecule has 0 atom stereocenters. The van der Waals surface area contributed by atoms with Gasteiger partial charge < -0.3 is 15.2 Å². The number of esters is 1. The van der Waals surface area contributed by atoms with Crippen molar-refractivity contribution in [2.75, 3.05) is 6.61 Å². The van der Waals surface area contributed by atoms with Crippen LogP contribution in [0.4, 0.5) is 0 Å². The molecule has 0 radical (unpaired) electrons. The van der Waals surface area contributed by atoms with Crippen LogP contribution in [0.2, 0.25) is 0 Å². The van der Waals surface area contributed by atoms with E-state index in [1.165, 1.54) is 0 Å². The van der Waals surface area contributed by atoms with E-state index in [9.17, 15) is 4.79 Å². The van der Waals surface area contributed by atoms with E-state index in [0.717, 1.165) is 11.1 Å². The number of ether oxygens (including phenoxy) is 2. The van der Waals surface area contributed by atoms with Crippen LogP contribution in [-0.4, -0.2) is 18.7 Å². The number of carbonyl (C=O) groups is 1. The van der Waals surface area contributed by atoms with Gasteiger partial charge in [-0.2, -0.15) is 0 Å². The number of hydrogen-bond donors (Lipinski definition) is 1. The number of hydrogen-bond acceptors (Lipinski definition) is 4. The summed E-state index contributed by atoms with van der Waals surface area (Å²) in [5, 5.41) is 0. The number of aryl methyl sites for hydroxylation is 1. The van der Waals surface area contributed by atoms with Crippen molar-refractivity contribution >= 4 is 5.97 Å². The Hall–Kier alpha value is -1.55. The van der Waals surface area contributed by atoms with Crippen LogP contribution in [0.5, 0.6) is 5.75 Å². The molecule has 4 nitrogen and oxygen atoms in total. The first kappa shape index (κ1) is 13.5. The summed E-state index contributed by atoms with van der Waals surface area (Å²) in [6, 6.07) is 5.71. The molecular formula is C13H19NO3. The van der Waals surface area contributed by atoms with Crippen LogP contribution >= 0.6 is 0 Å². The third kappa shape index (κ3) is 4.44. The lowest BCUT2D eigenvalue weighted by Gasteiger charge is -2.11. The molecular weight excluding hydrogens is 218 g/mol. The molecule has 0 bridgehead atoms. The SMILES string of the molecule is Cc1ccc(CN)cc1OCC(=O)OC(C)C. The molecule has 0 saturated heterocycles. The van der Waals surface area contributed by atoms with Crippen LogP contribution < -0.4 is 10.5 Å². The highest BCUT2D eigenvalue weighted by molar-refractivity contribution is 5.71. The van der Waals surface area contributed by atoms with Gasteiger partial charge in [0.1, 0.15) is 5.75 Å². The van der Waals surface area contributed by atoms with E-state index in [2.05, 4.69) is 0 Å². The molecule has 0 aliphatic heterocycles. The smallest absolute Gasteiger partial charge is 0.344 e. The number of rotatable bonds is 5. The molecule has 2 N–H and O–H groups in total. The lowest BCUT2D eigenvalue weighted by atomic mass is 10.1. The molecule has 1 aromatic rings. The fourth-order valence-electron chi connectivity index (χ4n) is 1.36. The van der Waals surface area contributed by atoms with E-state index in [1.54, 1.807) is 13.8 Å². The lowest BCUT2D eigenvalue weighted by Crippen LogP contribution is -2.19. The Morgan fingerprint density at radius 1 is 1.41 bits per heavy atom. The molecule has 94 valence electrons. The topological polar surface area (TPSA) is 61.5 Å². The molecule has 0 amide bonds. The van der Waals surface area contributed by atoms with Gasteiger partial charge in [-0.05, 0) is 38.0 Å². The third-order valence-corrected chi connectivity index (χ3v) is 2.20. The highest BCUT2D eigenvalue weighted by atomic mass is 16.6. The minimum Gasteiger partial charge on any atom is -0.482 e. The van der Waals surface area contributed by atoms with Gasteiger partial charge in [0.2, 0.25) is 0 Å². The van der Waals surface area contributed by atoms with E-state index in [4.69, 9.17) is 15.2 Å². The Morgan fingerprint density at radius 2 is 2.12 bits per heavy atom. The highest BCUT2D eigenvalue weighted by Crippen LogP contribution is 2.19. The number of benzene rings is 1. The highest BCUT2D eigenvalue weighted by Gasteiger charge is 2.08. The summed E-state index contributed by atoms with van der Waals surface area (Å²) in [5.41, 5.74) is 7.49. The Balaban J connectivity index is 2.59. The Kier molecular flexibility index (Phi) is 4.97. The van der Waals surface area contributed by atoms with Gasteiger partial charge in [-0.25, -0.2) is 4.79 Å². The third-order valence-electron chi connectivity index (χ3n) is 2.20. The molecule has 4 heteroatoms. The minimum absolute atomic E-state index is 0.0763. The van der Waals surface area contributed by atoms with E-state index < -0.39 is 0 Å². The van der Waals surface area contributed by atoms with Crippen molar-refractivity contribution in [2.24, 2.45) is 5.73 Å². The van der Waals surface area contributed by atoms with Crippen LogP contribution in [0, 0.1) is 6.92 Å². The van der Waals surface area contributed by atoms with Gasteiger partial charge in [0.25, 0.3) is 0 Å². The fraction of sp³-hybridized carbons (Fsp3) is 0.462. The summed E-state index contributed by atoms with van der Waals surface area (Å²) in [6.07, 6.45) is -0.123. The molecule has 0 aromatic heterocycles. The summed E-state index contributed by atoms with van der Waals surface area (Å²) < 4.78 is 10.4. The van der Waals surface area contributed by atoms with E-state index >= 15 is 0 Å². The van der Waals surface area contributed by atoms with Gasteiger partial charge in [-0.1, -0.05) is 12.1 Å². The van der Waals surface area contributed by atoms with Crippen molar-refractivity contribution in [3.63, 3.8) is 0 Å². The maximum absolute atomic E-state index is 11.3. The van der Waals surface area contributed by atoms with E-state index in [-0.39, 0.29) is 18.7 Å². The zero-order chi connectivity index (χ0) is 12.8. The van der Waals surface area contributed by atoms with Gasteiger partial charge in [0.15, 0.2) is 6.61 Å². The Bertz CT molecular complexity index is 388. The molecule has 0 aliphatic rings. The first-order valence-electron chi connectivity index (χ1n) is 5.64. The molecule has 0 saturated carbocycles. The molecule has 0 spiro atoms. The maximum atomic E-state index is 11.3. The summed E-state index contributed by atoms with van der Waals surface area (Å²) in [4.78, 5) is 11.3. The van der Waals surface area contributed by atoms with E-state index in [0.29, 0.717) is 12.3 Å². The van der Waals surface area contributed by atoms with Crippen molar-refractivity contribution < 1.29 is 14.3 Å². The Labute approximate surface area is 102 Å². The predicted molar refractivity (Wildman–Crippen MR) is 65.8 cm³/mol. The molecule has 0 unspecified atom stereocenters. The molecule has 17 heavy (non-hydrogen) atoms. The maximum Gasteiger partial charge on any atom is 0.344 e. The summed E-state index contributed by atoms with van der Waals surface area (Å²) in [5.74, 6) is 0.311. The molecule has 0 fully saturated rings. The van der Waals surface area contributed by atoms with Crippen molar-refractivity contribution in [3.8, 4) is 5.75 Å². The lowest BCUT2D eigenvalue weighted by molar-refractivity contribution is -0.149. The normalized spacial score (nSPS) is 10.4. The van der Waals surface area contributed by atoms with Crippen molar-refractivity contribution in [1.82, 2.24) is 0 Å². The number of nitrogens with two attached hydrogens (primary N) is 1. The van der Waals surface area contributed by atoms with Crippen LogP contribution in [0.25, 0.3) is 0 Å². The van der Waals surface area contributed by atoms with Crippen molar-refractivity contribution in [2.45, 2.75) is 33.4 Å². The standard InChI is InChI=1S/C13H19NO3/c1-9(2)17-13(15)8-16-12-6-11(7-14)5-4-10(12)3/h4-6,9H,7-8,14H2,1-3H3. The largest absolute Gasteiger partial charge is 0.482 e. The van der Waals surface area contributed by atoms with Crippen LogP contribution in [0.1, 0.15) is 25.0 Å². The zero-order valence-corrected chi connectivity index (χ0v) is 10.5. The molecule has 0 heterocycles. The van der Waals surface area contributed by atoms with Gasteiger partial charge in [-0.3, -0.25) is 0 Å². The van der Waals surface area contributed by atoms with Gasteiger partial charge >= 0.3 is 5.97 Å². The first-order chi connectivity index (χ1) is 8.02. The van der Waals surface area contributed by atoms with Crippen LogP contribution in [0.3, 0.4) is 0 Å². The van der Waals surface area contributed by atoms with E-state index in [1.807, 2.05) is 25.1 Å². The van der Waals surface area contributed by atoms with Crippen molar-refractivity contribution in [3.05, 3.63) is 29.3 Å². The van der Waals surface area contributed by atoms with Crippen molar-refractivity contribution in [1.29, 1.82) is 0 Å². The summed E-state index contributed by atoms with van der Waals surface area (Å²) in [6.45, 7) is 5.90. The average molecular weight is 237 g/mol. The quantitative estimate of drug-likeness (QED) is 0.793. The van der Waals surface area contributed by atoms with Gasteiger partial charge in [0, 0.05) is 6.54 Å². The predicted octanol–water partition coefficient (Wildman–Crippen LogP) is 1.78. The monoisotopic (exact) mass is 237 g/mol. The fourth-order valence-corrected chi connectivity index (χ4v) is 1.36. The zero-order valence-electron chi connectivity index (χ0n) is 10.5. The second-order valence-electron chi connectivity index (χ2n) is 4.13. The first-order valence-corrected chi connectivity index (χ1v) is 5.64. The molecule has 1 aromatic carbocycles. The van der Waals surface area contributed by atoms with Gasteiger partial charge in [0.05, 0.1) is 6.10 Å². The molecule has 0 aliphatic carbocycles. The minimum atomic E-state index is -0.363. The van der Waals surface area contributed by atoms with Crippen LogP contribution in [-0.2, 0) is 16.1 Å². The second kappa shape index (κ2) is 6.25. The van der Waals surface area contributed by atoms with Gasteiger partial charge in [-0.15, -0.1) is 0 Å².